The highest BCUT2D eigenvalue weighted by molar-refractivity contribution is 7.89. The lowest BCUT2D eigenvalue weighted by Crippen LogP contribution is -2.45. The normalized spacial score (nSPS) is 13.3. The molecule has 0 saturated carbocycles. The van der Waals surface area contributed by atoms with E-state index in [4.69, 9.17) is 16.3 Å². The van der Waals surface area contributed by atoms with E-state index in [-0.39, 0.29) is 15.7 Å². The van der Waals surface area contributed by atoms with Crippen molar-refractivity contribution in [1.29, 1.82) is 0 Å². The molecule has 1 aliphatic carbocycles. The molecule has 6 nitrogen and oxygen atoms in total. The molecule has 0 heterocycles. The van der Waals surface area contributed by atoms with E-state index in [9.17, 15) is 18.0 Å². The minimum Gasteiger partial charge on any atom is -0.456 e. The Morgan fingerprint density at radius 1 is 0.971 bits per heavy atom. The molecule has 0 aliphatic heterocycles. The Bertz CT molecular complexity index is 1370. The third kappa shape index (κ3) is 5.06. The number of esters is 1. The first-order chi connectivity index (χ1) is 16.2. The summed E-state index contributed by atoms with van der Waals surface area (Å²) in [6, 6.07) is 18.1. The van der Waals surface area contributed by atoms with Crippen LogP contribution in [-0.2, 0) is 26.0 Å². The highest BCUT2D eigenvalue weighted by Crippen LogP contribution is 2.36. The predicted molar refractivity (Wildman–Crippen MR) is 130 cm³/mol. The summed E-state index contributed by atoms with van der Waals surface area (Å²) in [6.45, 7) is 2.89. The quantitative estimate of drug-likeness (QED) is 0.283. The number of sulfonamides is 1. The Hall–Kier alpha value is -3.00. The number of hydrogen-bond donors (Lipinski definition) is 1. The average Bonchev–Trinajstić information content (AvgIpc) is 3.18. The summed E-state index contributed by atoms with van der Waals surface area (Å²) in [7, 11) is -4.02. The maximum Gasteiger partial charge on any atom is 0.324 e. The number of fused-ring (bicyclic) bond motifs is 3. The zero-order valence-corrected chi connectivity index (χ0v) is 20.3. The maximum atomic E-state index is 12.8. The monoisotopic (exact) mass is 497 g/mol. The van der Waals surface area contributed by atoms with E-state index in [1.54, 1.807) is 26.0 Å². The molecule has 1 aliphatic rings. The summed E-state index contributed by atoms with van der Waals surface area (Å²) >= 11 is 5.90. The van der Waals surface area contributed by atoms with Crippen LogP contribution in [0.3, 0.4) is 0 Å². The summed E-state index contributed by atoms with van der Waals surface area (Å²) in [6.07, 6.45) is 0.817. The van der Waals surface area contributed by atoms with Crippen molar-refractivity contribution in [2.45, 2.75) is 31.2 Å². The first-order valence-corrected chi connectivity index (χ1v) is 12.7. The molecular weight excluding hydrogens is 474 g/mol. The molecule has 4 rings (SSSR count). The highest BCUT2D eigenvalue weighted by atomic mass is 35.5. The zero-order valence-electron chi connectivity index (χ0n) is 18.7. The van der Waals surface area contributed by atoms with E-state index in [0.29, 0.717) is 5.56 Å². The van der Waals surface area contributed by atoms with Gasteiger partial charge in [0.25, 0.3) is 0 Å². The second-order valence-electron chi connectivity index (χ2n) is 8.54. The van der Waals surface area contributed by atoms with Crippen molar-refractivity contribution in [3.63, 3.8) is 0 Å². The number of Topliss-reactive ketones (excluding diaryl/α,β-unsaturated/α-hetero) is 1. The molecule has 0 spiro atoms. The number of rotatable bonds is 8. The van der Waals surface area contributed by atoms with E-state index in [1.807, 2.05) is 30.3 Å². The van der Waals surface area contributed by atoms with Gasteiger partial charge in [-0.25, -0.2) is 8.42 Å². The van der Waals surface area contributed by atoms with Crippen LogP contribution in [0.25, 0.3) is 11.1 Å². The molecule has 0 aromatic heterocycles. The fourth-order valence-corrected chi connectivity index (χ4v) is 5.57. The molecule has 0 amide bonds. The topological polar surface area (TPSA) is 89.5 Å². The number of hydrogen-bond acceptors (Lipinski definition) is 5. The Morgan fingerprint density at radius 3 is 2.44 bits per heavy atom. The van der Waals surface area contributed by atoms with E-state index in [1.165, 1.54) is 23.8 Å². The fraction of sp³-hybridized carbons (Fsp3) is 0.231. The third-order valence-electron chi connectivity index (χ3n) is 5.77. The van der Waals surface area contributed by atoms with Crippen LogP contribution in [0.15, 0.2) is 71.6 Å². The molecule has 8 heteroatoms. The molecule has 0 radical (unpaired) electrons. The Morgan fingerprint density at radius 2 is 1.71 bits per heavy atom. The predicted octanol–water partition coefficient (Wildman–Crippen LogP) is 4.64. The zero-order chi connectivity index (χ0) is 24.5. The second-order valence-corrected chi connectivity index (χ2v) is 10.7. The van der Waals surface area contributed by atoms with Crippen LogP contribution in [0, 0.1) is 5.92 Å². The van der Waals surface area contributed by atoms with Gasteiger partial charge in [-0.3, -0.25) is 9.59 Å². The van der Waals surface area contributed by atoms with Gasteiger partial charge in [0.05, 0.1) is 4.90 Å². The fourth-order valence-electron chi connectivity index (χ4n) is 3.93. The average molecular weight is 498 g/mol. The Balaban J connectivity index is 1.44. The first-order valence-electron chi connectivity index (χ1n) is 10.8. The number of halogens is 1. The van der Waals surface area contributed by atoms with Crippen LogP contribution in [-0.4, -0.2) is 32.8 Å². The van der Waals surface area contributed by atoms with E-state index < -0.39 is 34.6 Å². The van der Waals surface area contributed by atoms with Crippen LogP contribution < -0.4 is 4.72 Å². The van der Waals surface area contributed by atoms with Gasteiger partial charge in [0.2, 0.25) is 10.0 Å². The molecule has 1 N–H and O–H groups in total. The van der Waals surface area contributed by atoms with Gasteiger partial charge >= 0.3 is 5.97 Å². The van der Waals surface area contributed by atoms with Crippen LogP contribution in [0.5, 0.6) is 0 Å². The van der Waals surface area contributed by atoms with Gasteiger partial charge in [-0.1, -0.05) is 67.9 Å². The van der Waals surface area contributed by atoms with Crippen molar-refractivity contribution in [3.05, 3.63) is 88.4 Å². The molecule has 3 aromatic carbocycles. The van der Waals surface area contributed by atoms with Gasteiger partial charge < -0.3 is 4.74 Å². The van der Waals surface area contributed by atoms with Crippen molar-refractivity contribution in [2.75, 3.05) is 6.61 Å². The lowest BCUT2D eigenvalue weighted by Gasteiger charge is -2.20. The van der Waals surface area contributed by atoms with Crippen molar-refractivity contribution in [2.24, 2.45) is 5.92 Å². The van der Waals surface area contributed by atoms with E-state index in [2.05, 4.69) is 10.8 Å². The number of ketones is 1. The van der Waals surface area contributed by atoms with Crippen molar-refractivity contribution in [1.82, 2.24) is 4.72 Å². The summed E-state index contributed by atoms with van der Waals surface area (Å²) in [5.74, 6) is -1.59. The van der Waals surface area contributed by atoms with Gasteiger partial charge in [-0.05, 0) is 58.9 Å². The number of benzene rings is 3. The summed E-state index contributed by atoms with van der Waals surface area (Å²) in [5.41, 5.74) is 4.88. The molecule has 34 heavy (non-hydrogen) atoms. The van der Waals surface area contributed by atoms with Crippen LogP contribution in [0.4, 0.5) is 0 Å². The molecule has 0 bridgehead atoms. The molecule has 1 atom stereocenters. The van der Waals surface area contributed by atoms with Crippen molar-refractivity contribution in [3.8, 4) is 11.1 Å². The SMILES string of the molecule is CC(C)[C@H](NS(=O)(=O)c1cccc(Cl)c1)C(=O)OCC(=O)c1ccc2c(c1)-c1ccccc1C2. The van der Waals surface area contributed by atoms with Gasteiger partial charge in [0, 0.05) is 10.6 Å². The van der Waals surface area contributed by atoms with Crippen LogP contribution in [0.1, 0.15) is 35.3 Å². The maximum absolute atomic E-state index is 12.8. The number of carbonyl (C=O) groups is 2. The van der Waals surface area contributed by atoms with Gasteiger partial charge in [-0.2, -0.15) is 4.72 Å². The molecule has 0 fully saturated rings. The Kier molecular flexibility index (Phi) is 6.89. The smallest absolute Gasteiger partial charge is 0.324 e. The third-order valence-corrected chi connectivity index (χ3v) is 7.45. The van der Waals surface area contributed by atoms with Crippen molar-refractivity contribution < 1.29 is 22.7 Å². The van der Waals surface area contributed by atoms with Crippen molar-refractivity contribution >= 4 is 33.4 Å². The second kappa shape index (κ2) is 9.70. The molecular formula is C26H24ClNO5S. The summed E-state index contributed by atoms with van der Waals surface area (Å²) < 4.78 is 33.1. The number of ether oxygens (including phenoxy) is 1. The molecule has 3 aromatic rings. The van der Waals surface area contributed by atoms with Crippen LogP contribution in [0.2, 0.25) is 5.02 Å². The van der Waals surface area contributed by atoms with E-state index in [0.717, 1.165) is 23.1 Å². The number of carbonyl (C=O) groups excluding carboxylic acids is 2. The highest BCUT2D eigenvalue weighted by Gasteiger charge is 2.30. The summed E-state index contributed by atoms with van der Waals surface area (Å²) in [5, 5.41) is 0.258. The standard InChI is InChI=1S/C26H24ClNO5S/c1-16(2)25(28-34(31,32)21-8-5-7-20(27)14-21)26(30)33-15-24(29)19-11-10-18-12-17-6-3-4-9-22(17)23(18)13-19/h3-11,13-14,16,25,28H,12,15H2,1-2H3/t25-/m0/s1. The van der Waals surface area contributed by atoms with Gasteiger partial charge in [0.15, 0.2) is 12.4 Å². The number of nitrogens with one attached hydrogen (secondary N) is 1. The minimum absolute atomic E-state index is 0.0621. The molecule has 176 valence electrons. The lowest BCUT2D eigenvalue weighted by molar-refractivity contribution is -0.145. The molecule has 0 saturated heterocycles. The van der Waals surface area contributed by atoms with E-state index >= 15 is 0 Å². The van der Waals surface area contributed by atoms with Gasteiger partial charge in [-0.15, -0.1) is 0 Å². The Labute approximate surface area is 204 Å². The van der Waals surface area contributed by atoms with Crippen LogP contribution >= 0.6 is 11.6 Å². The largest absolute Gasteiger partial charge is 0.456 e. The molecule has 0 unspecified atom stereocenters. The summed E-state index contributed by atoms with van der Waals surface area (Å²) in [4.78, 5) is 25.4. The first kappa shape index (κ1) is 24.1. The lowest BCUT2D eigenvalue weighted by atomic mass is 10.0. The van der Waals surface area contributed by atoms with Gasteiger partial charge in [0.1, 0.15) is 6.04 Å². The minimum atomic E-state index is -4.02.